The zero-order chi connectivity index (χ0) is 49.3. The molecule has 0 saturated carbocycles. The van der Waals surface area contributed by atoms with Crippen LogP contribution in [0.25, 0.3) is 0 Å². The summed E-state index contributed by atoms with van der Waals surface area (Å²) >= 11 is 0. The first kappa shape index (κ1) is 65.6. The summed E-state index contributed by atoms with van der Waals surface area (Å²) in [7, 11) is 0. The maximum absolute atomic E-state index is 12.8. The van der Waals surface area contributed by atoms with Gasteiger partial charge in [-0.15, -0.1) is 0 Å². The first-order valence-corrected chi connectivity index (χ1v) is 30.0. The number of unbranched alkanes of at least 4 members (excludes halogenated alkanes) is 38. The van der Waals surface area contributed by atoms with Crippen molar-refractivity contribution in [1.29, 1.82) is 0 Å². The topological polar surface area (TPSA) is 78.9 Å². The van der Waals surface area contributed by atoms with Gasteiger partial charge in [-0.1, -0.05) is 288 Å². The van der Waals surface area contributed by atoms with Gasteiger partial charge in [-0.2, -0.15) is 0 Å². The molecule has 0 fully saturated rings. The second kappa shape index (κ2) is 57.2. The van der Waals surface area contributed by atoms with Gasteiger partial charge in [0.1, 0.15) is 13.2 Å². The first-order chi connectivity index (χ1) is 33.5. The number of carbonyl (C=O) groups is 3. The maximum atomic E-state index is 12.8. The molecule has 1 atom stereocenters. The van der Waals surface area contributed by atoms with E-state index in [-0.39, 0.29) is 31.1 Å². The molecule has 0 radical (unpaired) electrons. The maximum Gasteiger partial charge on any atom is 0.306 e. The smallest absolute Gasteiger partial charge is 0.306 e. The number of esters is 3. The highest BCUT2D eigenvalue weighted by atomic mass is 16.6. The normalized spacial score (nSPS) is 12.2. The van der Waals surface area contributed by atoms with Crippen LogP contribution in [0.2, 0.25) is 0 Å². The molecular formula is C62H114O6. The molecule has 0 aliphatic rings. The van der Waals surface area contributed by atoms with Crippen molar-refractivity contribution in [1.82, 2.24) is 0 Å². The molecule has 0 rings (SSSR count). The third-order valence-corrected chi connectivity index (χ3v) is 13.4. The quantitative estimate of drug-likeness (QED) is 0.0262. The molecule has 398 valence electrons. The minimum atomic E-state index is -0.777. The Labute approximate surface area is 423 Å². The van der Waals surface area contributed by atoms with Crippen LogP contribution in [-0.4, -0.2) is 37.2 Å². The molecule has 0 amide bonds. The predicted octanol–water partition coefficient (Wildman–Crippen LogP) is 20.0. The fourth-order valence-electron chi connectivity index (χ4n) is 8.93. The Morgan fingerprint density at radius 3 is 0.897 bits per heavy atom. The summed E-state index contributed by atoms with van der Waals surface area (Å²) in [6.07, 6.45) is 68.6. The van der Waals surface area contributed by atoms with Gasteiger partial charge in [0.2, 0.25) is 0 Å². The van der Waals surface area contributed by atoms with E-state index >= 15 is 0 Å². The third-order valence-electron chi connectivity index (χ3n) is 13.4. The van der Waals surface area contributed by atoms with Crippen LogP contribution in [0.3, 0.4) is 0 Å². The molecule has 68 heavy (non-hydrogen) atoms. The lowest BCUT2D eigenvalue weighted by atomic mass is 10.0. The molecule has 0 N–H and O–H groups in total. The van der Waals surface area contributed by atoms with Crippen LogP contribution in [0.1, 0.15) is 323 Å². The molecule has 0 bridgehead atoms. The van der Waals surface area contributed by atoms with E-state index in [1.165, 1.54) is 186 Å². The van der Waals surface area contributed by atoms with Gasteiger partial charge >= 0.3 is 17.9 Å². The van der Waals surface area contributed by atoms with Crippen LogP contribution in [0.15, 0.2) is 36.5 Å². The number of rotatable bonds is 55. The van der Waals surface area contributed by atoms with Crippen LogP contribution in [0.4, 0.5) is 0 Å². The monoisotopic (exact) mass is 955 g/mol. The first-order valence-electron chi connectivity index (χ1n) is 30.0. The lowest BCUT2D eigenvalue weighted by Crippen LogP contribution is -2.30. The van der Waals surface area contributed by atoms with E-state index in [1.807, 2.05) is 0 Å². The Morgan fingerprint density at radius 1 is 0.309 bits per heavy atom. The summed E-state index contributed by atoms with van der Waals surface area (Å²) in [4.78, 5) is 38.2. The van der Waals surface area contributed by atoms with Crippen LogP contribution in [0, 0.1) is 0 Å². The zero-order valence-corrected chi connectivity index (χ0v) is 45.6. The molecule has 6 nitrogen and oxygen atoms in total. The van der Waals surface area contributed by atoms with Gasteiger partial charge in [0, 0.05) is 19.3 Å². The van der Waals surface area contributed by atoms with Gasteiger partial charge in [-0.3, -0.25) is 14.4 Å². The van der Waals surface area contributed by atoms with Gasteiger partial charge in [0.05, 0.1) is 0 Å². The highest BCUT2D eigenvalue weighted by molar-refractivity contribution is 5.71. The summed E-state index contributed by atoms with van der Waals surface area (Å²) in [5.74, 6) is -0.871. The second-order valence-electron chi connectivity index (χ2n) is 20.2. The Bertz CT molecular complexity index is 1140. The van der Waals surface area contributed by atoms with Gasteiger partial charge in [0.25, 0.3) is 0 Å². The van der Waals surface area contributed by atoms with Gasteiger partial charge in [-0.25, -0.2) is 0 Å². The summed E-state index contributed by atoms with van der Waals surface area (Å²) < 4.78 is 16.9. The van der Waals surface area contributed by atoms with E-state index in [4.69, 9.17) is 14.2 Å². The second-order valence-corrected chi connectivity index (χ2v) is 20.2. The summed E-state index contributed by atoms with van der Waals surface area (Å²) in [6.45, 7) is 6.56. The van der Waals surface area contributed by atoms with Gasteiger partial charge < -0.3 is 14.2 Å². The summed E-state index contributed by atoms with van der Waals surface area (Å²) in [5.41, 5.74) is 0. The van der Waals surface area contributed by atoms with Crippen LogP contribution >= 0.6 is 0 Å². The molecule has 0 spiro atoms. The fraction of sp³-hybridized carbons (Fsp3) is 0.855. The van der Waals surface area contributed by atoms with Crippen LogP contribution in [-0.2, 0) is 28.6 Å². The molecule has 0 aromatic heterocycles. The third kappa shape index (κ3) is 54.6. The van der Waals surface area contributed by atoms with E-state index in [0.29, 0.717) is 19.3 Å². The molecule has 6 heteroatoms. The highest BCUT2D eigenvalue weighted by Gasteiger charge is 2.19. The van der Waals surface area contributed by atoms with E-state index < -0.39 is 6.10 Å². The van der Waals surface area contributed by atoms with Gasteiger partial charge in [0.15, 0.2) is 6.10 Å². The van der Waals surface area contributed by atoms with Crippen molar-refractivity contribution >= 4 is 17.9 Å². The van der Waals surface area contributed by atoms with E-state index in [9.17, 15) is 14.4 Å². The largest absolute Gasteiger partial charge is 0.462 e. The lowest BCUT2D eigenvalue weighted by molar-refractivity contribution is -0.167. The standard InChI is InChI=1S/C62H114O6/c1-4-7-10-13-16-19-22-25-27-28-29-30-31-32-33-35-37-40-43-46-49-52-55-61(64)67-58-59(57-66-60(63)54-51-48-45-42-39-36-24-21-18-15-12-9-6-3)68-62(65)56-53-50-47-44-41-38-34-26-23-20-17-14-11-8-5-2/h8,11,17,20,26,34,59H,4-7,9-10,12-16,18-19,21-25,27-33,35-58H2,1-3H3/b11-8-,20-17-,34-26-. The average Bonchev–Trinajstić information content (AvgIpc) is 3.34. The lowest BCUT2D eigenvalue weighted by Gasteiger charge is -2.18. The SMILES string of the molecule is CC/C=C\C/C=C\C/C=C\CCCCCCCC(=O)OC(COC(=O)CCCCCCCCCCCCCCC)COC(=O)CCCCCCCCCCCCCCCCCCCCCCCC. The van der Waals surface area contributed by atoms with Crippen molar-refractivity contribution in [2.45, 2.75) is 329 Å². The van der Waals surface area contributed by atoms with E-state index in [0.717, 1.165) is 96.3 Å². The van der Waals surface area contributed by atoms with E-state index in [2.05, 4.69) is 57.2 Å². The van der Waals surface area contributed by atoms with Crippen LogP contribution < -0.4 is 0 Å². The van der Waals surface area contributed by atoms with Crippen molar-refractivity contribution in [3.05, 3.63) is 36.5 Å². The Morgan fingerprint density at radius 2 is 0.574 bits per heavy atom. The summed E-state index contributed by atoms with van der Waals surface area (Å²) in [6, 6.07) is 0. The number of hydrogen-bond donors (Lipinski definition) is 0. The average molecular weight is 956 g/mol. The number of hydrogen-bond acceptors (Lipinski definition) is 6. The molecule has 0 aromatic rings. The van der Waals surface area contributed by atoms with Crippen molar-refractivity contribution in [2.24, 2.45) is 0 Å². The van der Waals surface area contributed by atoms with Crippen molar-refractivity contribution < 1.29 is 28.6 Å². The molecule has 1 unspecified atom stereocenters. The molecule has 0 aliphatic heterocycles. The fourth-order valence-corrected chi connectivity index (χ4v) is 8.93. The minimum Gasteiger partial charge on any atom is -0.462 e. The van der Waals surface area contributed by atoms with Crippen molar-refractivity contribution in [2.75, 3.05) is 13.2 Å². The number of carbonyl (C=O) groups excluding carboxylic acids is 3. The van der Waals surface area contributed by atoms with E-state index in [1.54, 1.807) is 0 Å². The Hall–Kier alpha value is -2.37. The Kier molecular flexibility index (Phi) is 55.2. The molecular weight excluding hydrogens is 841 g/mol. The van der Waals surface area contributed by atoms with Crippen molar-refractivity contribution in [3.8, 4) is 0 Å². The minimum absolute atomic E-state index is 0.0743. The zero-order valence-electron chi connectivity index (χ0n) is 45.6. The molecule has 0 saturated heterocycles. The number of ether oxygens (including phenoxy) is 3. The van der Waals surface area contributed by atoms with Crippen molar-refractivity contribution in [3.63, 3.8) is 0 Å². The number of allylic oxidation sites excluding steroid dienone is 6. The van der Waals surface area contributed by atoms with Gasteiger partial charge in [-0.05, 0) is 51.4 Å². The highest BCUT2D eigenvalue weighted by Crippen LogP contribution is 2.17. The predicted molar refractivity (Wildman–Crippen MR) is 293 cm³/mol. The summed E-state index contributed by atoms with van der Waals surface area (Å²) in [5, 5.41) is 0. The molecule has 0 aromatic carbocycles. The molecule has 0 heterocycles. The molecule has 0 aliphatic carbocycles. The van der Waals surface area contributed by atoms with Crippen LogP contribution in [0.5, 0.6) is 0 Å². The Balaban J connectivity index is 4.27.